The summed E-state index contributed by atoms with van der Waals surface area (Å²) in [7, 11) is 4.15. The van der Waals surface area contributed by atoms with Gasteiger partial charge in [-0.2, -0.15) is 19.0 Å². The molecule has 0 aliphatic rings. The molecule has 38 heavy (non-hydrogen) atoms. The SMILES string of the molecule is Cn1c(-c2ccc(C=NN=C(N)NN=Cc3ccc(-c4c[n+]5ccsc5n4C)cc3)cc2)c[n+]2ccsc12. The largest absolute Gasteiger partial charge is 0.367 e. The highest BCUT2D eigenvalue weighted by atomic mass is 32.1. The molecule has 0 aliphatic carbocycles. The maximum absolute atomic E-state index is 5.89. The van der Waals surface area contributed by atoms with E-state index in [1.807, 2.05) is 24.3 Å². The second kappa shape index (κ2) is 10.0. The topological polar surface area (TPSA) is 93.2 Å². The van der Waals surface area contributed by atoms with E-state index in [0.717, 1.165) is 33.6 Å². The van der Waals surface area contributed by atoms with Crippen LogP contribution in [0.1, 0.15) is 11.1 Å². The molecule has 0 spiro atoms. The second-order valence-electron chi connectivity index (χ2n) is 8.68. The summed E-state index contributed by atoms with van der Waals surface area (Å²) >= 11 is 3.43. The second-order valence-corrected chi connectivity index (χ2v) is 10.4. The van der Waals surface area contributed by atoms with Crippen LogP contribution in [0.5, 0.6) is 0 Å². The quantitative estimate of drug-likeness (QED) is 0.147. The molecule has 0 amide bonds. The van der Waals surface area contributed by atoms with Crippen LogP contribution in [0.4, 0.5) is 0 Å². The van der Waals surface area contributed by atoms with Crippen LogP contribution >= 0.6 is 22.7 Å². The summed E-state index contributed by atoms with van der Waals surface area (Å²) in [6.07, 6.45) is 11.7. The van der Waals surface area contributed by atoms with Gasteiger partial charge < -0.3 is 5.73 Å². The fourth-order valence-corrected chi connectivity index (χ4v) is 5.89. The number of aryl methyl sites for hydroxylation is 2. The van der Waals surface area contributed by atoms with Gasteiger partial charge in [0.15, 0.2) is 11.4 Å². The molecule has 9 nitrogen and oxygen atoms in total. The van der Waals surface area contributed by atoms with Crippen molar-refractivity contribution in [3.63, 3.8) is 0 Å². The molecule has 4 aromatic heterocycles. The van der Waals surface area contributed by atoms with E-state index < -0.39 is 0 Å². The Kier molecular flexibility index (Phi) is 6.28. The van der Waals surface area contributed by atoms with Gasteiger partial charge >= 0.3 is 9.92 Å². The highest BCUT2D eigenvalue weighted by Crippen LogP contribution is 2.22. The number of aromatic nitrogens is 4. The fourth-order valence-electron chi connectivity index (χ4n) is 4.28. The van der Waals surface area contributed by atoms with Crippen LogP contribution in [-0.2, 0) is 14.1 Å². The van der Waals surface area contributed by atoms with Crippen LogP contribution < -0.4 is 20.0 Å². The summed E-state index contributed by atoms with van der Waals surface area (Å²) < 4.78 is 8.63. The predicted molar refractivity (Wildman–Crippen MR) is 154 cm³/mol. The van der Waals surface area contributed by atoms with Crippen molar-refractivity contribution in [2.24, 2.45) is 35.1 Å². The summed E-state index contributed by atoms with van der Waals surface area (Å²) in [6, 6.07) is 16.3. The number of hydrazone groups is 1. The van der Waals surface area contributed by atoms with Crippen LogP contribution in [0, 0.1) is 0 Å². The molecule has 4 heterocycles. The summed E-state index contributed by atoms with van der Waals surface area (Å²) in [5.74, 6) is 0.104. The number of hydrogen-bond donors (Lipinski definition) is 2. The Morgan fingerprint density at radius 3 is 1.79 bits per heavy atom. The minimum atomic E-state index is 0.104. The molecule has 0 bridgehead atoms. The van der Waals surface area contributed by atoms with Gasteiger partial charge in [-0.3, -0.25) is 0 Å². The number of hydrogen-bond acceptors (Lipinski definition) is 5. The maximum atomic E-state index is 5.89. The molecule has 0 saturated carbocycles. The summed E-state index contributed by atoms with van der Waals surface area (Å²) in [6.45, 7) is 0. The molecule has 11 heteroatoms. The van der Waals surface area contributed by atoms with Crippen LogP contribution in [0.25, 0.3) is 32.4 Å². The van der Waals surface area contributed by atoms with Gasteiger partial charge in [-0.05, 0) is 35.4 Å². The van der Waals surface area contributed by atoms with Crippen molar-refractivity contribution in [3.05, 3.63) is 95.2 Å². The number of fused-ring (bicyclic) bond motifs is 2. The highest BCUT2D eigenvalue weighted by molar-refractivity contribution is 7.14. The Bertz CT molecular complexity index is 1810. The van der Waals surface area contributed by atoms with Crippen molar-refractivity contribution in [2.75, 3.05) is 0 Å². The zero-order chi connectivity index (χ0) is 26.1. The van der Waals surface area contributed by atoms with Crippen LogP contribution in [0.2, 0.25) is 0 Å². The van der Waals surface area contributed by atoms with Crippen molar-refractivity contribution in [1.82, 2.24) is 14.6 Å². The molecule has 0 fully saturated rings. The lowest BCUT2D eigenvalue weighted by atomic mass is 10.1. The number of nitrogens with one attached hydrogen (secondary N) is 1. The van der Waals surface area contributed by atoms with E-state index in [-0.39, 0.29) is 5.96 Å². The Labute approximate surface area is 226 Å². The maximum Gasteiger partial charge on any atom is 0.345 e. The zero-order valence-electron chi connectivity index (χ0n) is 20.8. The third-order valence-electron chi connectivity index (χ3n) is 6.23. The van der Waals surface area contributed by atoms with Gasteiger partial charge in [0.1, 0.15) is 24.8 Å². The number of nitrogens with two attached hydrogens (primary N) is 1. The Hall–Kier alpha value is -4.61. The monoisotopic (exact) mass is 539 g/mol. The minimum absolute atomic E-state index is 0.104. The number of rotatable bonds is 6. The standard InChI is InChI=1S/C27H25N9S2/c1-33-23(17-35-11-13-37-26(33)35)21-7-3-19(4-8-21)15-29-31-25(28)32-30-16-20-5-9-22(10-6-20)24-18-36-12-14-38-27(36)34(24)2/h3-18H,1-2H3,(H3,28,31,32)/q+2. The lowest BCUT2D eigenvalue weighted by Crippen LogP contribution is -2.26. The van der Waals surface area contributed by atoms with E-state index in [9.17, 15) is 0 Å². The van der Waals surface area contributed by atoms with Crippen molar-refractivity contribution in [1.29, 1.82) is 0 Å². The fraction of sp³-hybridized carbons (Fsp3) is 0.0741. The molecule has 6 aromatic rings. The molecule has 3 N–H and O–H groups in total. The van der Waals surface area contributed by atoms with Gasteiger partial charge in [0.2, 0.25) is 5.96 Å². The number of guanidine groups is 1. The minimum Gasteiger partial charge on any atom is -0.367 e. The zero-order valence-corrected chi connectivity index (χ0v) is 22.4. The van der Waals surface area contributed by atoms with Gasteiger partial charge in [-0.25, -0.2) is 14.6 Å². The average molecular weight is 540 g/mol. The smallest absolute Gasteiger partial charge is 0.345 e. The van der Waals surface area contributed by atoms with Crippen molar-refractivity contribution >= 4 is 51.0 Å². The summed E-state index contributed by atoms with van der Waals surface area (Å²) in [4.78, 5) is 2.38. The molecule has 6 rings (SSSR count). The number of benzene rings is 2. The van der Waals surface area contributed by atoms with E-state index in [0.29, 0.717) is 0 Å². The lowest BCUT2D eigenvalue weighted by molar-refractivity contribution is -0.505. The van der Waals surface area contributed by atoms with Gasteiger partial charge in [0.25, 0.3) is 0 Å². The molecule has 2 aromatic carbocycles. The Morgan fingerprint density at radius 1 is 0.789 bits per heavy atom. The predicted octanol–water partition coefficient (Wildman–Crippen LogP) is 3.57. The van der Waals surface area contributed by atoms with Crippen molar-refractivity contribution < 1.29 is 8.80 Å². The van der Waals surface area contributed by atoms with E-state index in [1.54, 1.807) is 35.1 Å². The average Bonchev–Trinajstić information content (AvgIpc) is 3.70. The third-order valence-corrected chi connectivity index (χ3v) is 8.14. The van der Waals surface area contributed by atoms with Gasteiger partial charge in [-0.15, -0.1) is 5.10 Å². The first-order valence-electron chi connectivity index (χ1n) is 11.8. The van der Waals surface area contributed by atoms with E-state index >= 15 is 0 Å². The van der Waals surface area contributed by atoms with E-state index in [2.05, 4.69) is 113 Å². The first-order valence-corrected chi connectivity index (χ1v) is 13.6. The number of nitrogens with zero attached hydrogens (tertiary/aromatic N) is 7. The first-order chi connectivity index (χ1) is 18.6. The summed E-state index contributed by atoms with van der Waals surface area (Å²) in [5.41, 5.74) is 15.0. The van der Waals surface area contributed by atoms with Crippen LogP contribution in [-0.4, -0.2) is 27.5 Å². The normalized spacial score (nSPS) is 12.5. The number of thiazole rings is 2. The van der Waals surface area contributed by atoms with Crippen molar-refractivity contribution in [3.8, 4) is 22.5 Å². The molecule has 0 atom stereocenters. The first kappa shape index (κ1) is 23.8. The molecule has 0 saturated heterocycles. The lowest BCUT2D eigenvalue weighted by Gasteiger charge is -1.99. The van der Waals surface area contributed by atoms with Crippen LogP contribution in [0.3, 0.4) is 0 Å². The van der Waals surface area contributed by atoms with E-state index in [4.69, 9.17) is 5.73 Å². The molecule has 0 aliphatic heterocycles. The molecule has 0 unspecified atom stereocenters. The molecular formula is C27H25N9S2+2. The van der Waals surface area contributed by atoms with E-state index in [1.165, 1.54) is 9.92 Å². The Balaban J connectivity index is 1.05. The van der Waals surface area contributed by atoms with Gasteiger partial charge in [0.05, 0.1) is 26.5 Å². The Morgan fingerprint density at radius 2 is 1.29 bits per heavy atom. The molecule has 188 valence electrons. The molecule has 0 radical (unpaired) electrons. The van der Waals surface area contributed by atoms with Gasteiger partial charge in [-0.1, -0.05) is 46.9 Å². The molecular weight excluding hydrogens is 514 g/mol. The van der Waals surface area contributed by atoms with Crippen molar-refractivity contribution in [2.45, 2.75) is 0 Å². The highest BCUT2D eigenvalue weighted by Gasteiger charge is 2.17. The number of imidazole rings is 2. The van der Waals surface area contributed by atoms with Gasteiger partial charge in [0, 0.05) is 21.9 Å². The van der Waals surface area contributed by atoms with Crippen LogP contribution in [0.15, 0.2) is 99.4 Å². The summed E-state index contributed by atoms with van der Waals surface area (Å²) in [5, 5.41) is 16.4. The third kappa shape index (κ3) is 4.60.